The average Bonchev–Trinajstić information content (AvgIpc) is 3.29. The molecular weight excluding hydrogens is 426 g/mol. The van der Waals surface area contributed by atoms with Gasteiger partial charge in [-0.1, -0.05) is 6.07 Å². The maximum atomic E-state index is 12.0. The van der Waals surface area contributed by atoms with Crippen LogP contribution in [0.25, 0.3) is 9.88 Å². The Balaban J connectivity index is 1.46. The highest BCUT2D eigenvalue weighted by Crippen LogP contribution is 2.29. The first-order chi connectivity index (χ1) is 12.1. The predicted molar refractivity (Wildman–Crippen MR) is 100.0 cm³/mol. The van der Waals surface area contributed by atoms with E-state index in [0.29, 0.717) is 10.4 Å². The maximum Gasteiger partial charge on any atom is 0.350 e. The summed E-state index contributed by atoms with van der Waals surface area (Å²) in [5.74, 6) is -0.721. The molecule has 0 spiro atoms. The zero-order valence-corrected chi connectivity index (χ0v) is 16.0. The number of thiophene rings is 1. The zero-order chi connectivity index (χ0) is 17.6. The quantitative estimate of drug-likeness (QED) is 0.470. The van der Waals surface area contributed by atoms with E-state index in [0.717, 1.165) is 14.4 Å². The molecular formula is C16H12BrN3O3S2. The molecule has 1 N–H and O–H groups in total. The van der Waals surface area contributed by atoms with Gasteiger partial charge in [-0.2, -0.15) is 0 Å². The number of hydrogen-bond acceptors (Lipinski definition) is 7. The number of rotatable bonds is 6. The van der Waals surface area contributed by atoms with Gasteiger partial charge in [0.15, 0.2) is 0 Å². The summed E-state index contributed by atoms with van der Waals surface area (Å²) < 4.78 is 5.88. The number of pyridine rings is 1. The number of hydrogen-bond donors (Lipinski definition) is 1. The van der Waals surface area contributed by atoms with E-state index in [1.165, 1.54) is 23.7 Å². The fourth-order valence-electron chi connectivity index (χ4n) is 1.90. The molecule has 9 heteroatoms. The molecule has 3 rings (SSSR count). The Kier molecular flexibility index (Phi) is 5.90. The van der Waals surface area contributed by atoms with Crippen LogP contribution in [0.2, 0.25) is 0 Å². The van der Waals surface area contributed by atoms with Gasteiger partial charge in [-0.05, 0) is 33.4 Å². The first-order valence-electron chi connectivity index (χ1n) is 7.19. The fourth-order valence-corrected chi connectivity index (χ4v) is 3.88. The van der Waals surface area contributed by atoms with Crippen LogP contribution in [-0.2, 0) is 4.74 Å². The van der Waals surface area contributed by atoms with E-state index in [1.807, 2.05) is 17.5 Å². The summed E-state index contributed by atoms with van der Waals surface area (Å²) in [6.07, 6.45) is 4.57. The highest BCUT2D eigenvalue weighted by atomic mass is 79.9. The Bertz CT molecular complexity index is 880. The van der Waals surface area contributed by atoms with Gasteiger partial charge >= 0.3 is 5.97 Å². The van der Waals surface area contributed by atoms with Crippen molar-refractivity contribution in [2.75, 3.05) is 13.2 Å². The van der Waals surface area contributed by atoms with Gasteiger partial charge in [0, 0.05) is 16.9 Å². The molecule has 128 valence electrons. The number of carbonyl (C=O) groups excluding carboxylic acids is 2. The Labute approximate surface area is 160 Å². The Morgan fingerprint density at radius 3 is 2.92 bits per heavy atom. The van der Waals surface area contributed by atoms with Crippen LogP contribution in [0.5, 0.6) is 0 Å². The van der Waals surface area contributed by atoms with E-state index in [-0.39, 0.29) is 19.1 Å². The van der Waals surface area contributed by atoms with Crippen molar-refractivity contribution in [3.05, 3.63) is 57.1 Å². The van der Waals surface area contributed by atoms with Crippen LogP contribution >= 0.6 is 38.6 Å². The molecule has 0 aliphatic rings. The van der Waals surface area contributed by atoms with Gasteiger partial charge in [-0.15, -0.1) is 22.7 Å². The van der Waals surface area contributed by atoms with Crippen molar-refractivity contribution >= 4 is 50.5 Å². The summed E-state index contributed by atoms with van der Waals surface area (Å²) in [6.45, 7) is 0.298. The Morgan fingerprint density at radius 2 is 2.16 bits per heavy atom. The molecule has 0 aromatic carbocycles. The van der Waals surface area contributed by atoms with Crippen LogP contribution in [0.3, 0.4) is 0 Å². The minimum absolute atomic E-state index is 0.0816. The number of aromatic nitrogens is 2. The second-order valence-electron chi connectivity index (χ2n) is 4.79. The fraction of sp³-hybridized carbons (Fsp3) is 0.125. The lowest BCUT2D eigenvalue weighted by Crippen LogP contribution is -2.28. The summed E-state index contributed by atoms with van der Waals surface area (Å²) in [4.78, 5) is 33.5. The van der Waals surface area contributed by atoms with Crippen molar-refractivity contribution in [1.29, 1.82) is 0 Å². The number of halogens is 1. The van der Waals surface area contributed by atoms with E-state index in [1.54, 1.807) is 23.6 Å². The lowest BCUT2D eigenvalue weighted by Gasteiger charge is -2.06. The van der Waals surface area contributed by atoms with E-state index in [4.69, 9.17) is 4.74 Å². The number of nitrogens with zero attached hydrogens (tertiary/aromatic N) is 2. The number of amides is 1. The summed E-state index contributed by atoms with van der Waals surface area (Å²) in [5, 5.41) is 5.42. The third-order valence-electron chi connectivity index (χ3n) is 3.03. The molecule has 0 fully saturated rings. The van der Waals surface area contributed by atoms with Gasteiger partial charge in [0.25, 0.3) is 5.91 Å². The standard InChI is InChI=1S/C16H12BrN3O3S2/c17-11-6-10(7-18-8-11)14(21)19-3-4-23-16(22)13-9-20-15(25-13)12-2-1-5-24-12/h1-2,5-9H,3-4H2,(H,19,21). The summed E-state index contributed by atoms with van der Waals surface area (Å²) >= 11 is 6.11. The lowest BCUT2D eigenvalue weighted by atomic mass is 10.3. The summed E-state index contributed by atoms with van der Waals surface area (Å²) in [7, 11) is 0. The minimum Gasteiger partial charge on any atom is -0.460 e. The average molecular weight is 438 g/mol. The highest BCUT2D eigenvalue weighted by Gasteiger charge is 2.14. The van der Waals surface area contributed by atoms with Crippen molar-refractivity contribution in [2.24, 2.45) is 0 Å². The van der Waals surface area contributed by atoms with E-state index in [2.05, 4.69) is 31.2 Å². The zero-order valence-electron chi connectivity index (χ0n) is 12.8. The molecule has 3 aromatic rings. The number of thiazole rings is 1. The molecule has 0 aliphatic carbocycles. The minimum atomic E-state index is -0.446. The molecule has 6 nitrogen and oxygen atoms in total. The van der Waals surface area contributed by atoms with Crippen LogP contribution in [0.4, 0.5) is 0 Å². The molecule has 3 aromatic heterocycles. The van der Waals surface area contributed by atoms with Gasteiger partial charge < -0.3 is 10.1 Å². The SMILES string of the molecule is O=C(NCCOC(=O)c1cnc(-c2cccs2)s1)c1cncc(Br)c1. The van der Waals surface area contributed by atoms with Gasteiger partial charge in [-0.3, -0.25) is 9.78 Å². The summed E-state index contributed by atoms with van der Waals surface area (Å²) in [6, 6.07) is 5.55. The number of carbonyl (C=O) groups is 2. The van der Waals surface area contributed by atoms with Gasteiger partial charge in [0.1, 0.15) is 16.5 Å². The van der Waals surface area contributed by atoms with Crippen LogP contribution in [-0.4, -0.2) is 35.0 Å². The molecule has 3 heterocycles. The molecule has 1 amide bonds. The van der Waals surface area contributed by atoms with Gasteiger partial charge in [0.2, 0.25) is 0 Å². The molecule has 0 bridgehead atoms. The molecule has 25 heavy (non-hydrogen) atoms. The Hall–Kier alpha value is -2.10. The van der Waals surface area contributed by atoms with Crippen LogP contribution in [0.15, 0.2) is 46.6 Å². The largest absolute Gasteiger partial charge is 0.460 e. The van der Waals surface area contributed by atoms with E-state index < -0.39 is 5.97 Å². The molecule has 0 aliphatic heterocycles. The van der Waals surface area contributed by atoms with Crippen LogP contribution in [0.1, 0.15) is 20.0 Å². The van der Waals surface area contributed by atoms with Crippen molar-refractivity contribution in [3.8, 4) is 9.88 Å². The maximum absolute atomic E-state index is 12.0. The van der Waals surface area contributed by atoms with Gasteiger partial charge in [0.05, 0.1) is 23.2 Å². The second kappa shape index (κ2) is 8.32. The van der Waals surface area contributed by atoms with E-state index in [9.17, 15) is 9.59 Å². The molecule has 0 atom stereocenters. The van der Waals surface area contributed by atoms with Crippen LogP contribution < -0.4 is 5.32 Å². The lowest BCUT2D eigenvalue weighted by molar-refractivity contribution is 0.0508. The Morgan fingerprint density at radius 1 is 1.28 bits per heavy atom. The molecule has 0 unspecified atom stereocenters. The predicted octanol–water partition coefficient (Wildman–Crippen LogP) is 3.62. The molecule has 0 saturated heterocycles. The normalized spacial score (nSPS) is 10.4. The van der Waals surface area contributed by atoms with Crippen molar-refractivity contribution in [1.82, 2.24) is 15.3 Å². The third kappa shape index (κ3) is 4.71. The van der Waals surface area contributed by atoms with Crippen molar-refractivity contribution in [2.45, 2.75) is 0 Å². The monoisotopic (exact) mass is 437 g/mol. The molecule has 0 saturated carbocycles. The van der Waals surface area contributed by atoms with Crippen molar-refractivity contribution < 1.29 is 14.3 Å². The number of esters is 1. The van der Waals surface area contributed by atoms with Gasteiger partial charge in [-0.25, -0.2) is 9.78 Å². The number of ether oxygens (including phenoxy) is 1. The third-order valence-corrected chi connectivity index (χ3v) is 5.48. The topological polar surface area (TPSA) is 81.2 Å². The molecule has 0 radical (unpaired) electrons. The summed E-state index contributed by atoms with van der Waals surface area (Å²) in [5.41, 5.74) is 0.434. The first kappa shape index (κ1) is 17.7. The van der Waals surface area contributed by atoms with E-state index >= 15 is 0 Å². The highest BCUT2D eigenvalue weighted by molar-refractivity contribution is 9.10. The van der Waals surface area contributed by atoms with Crippen molar-refractivity contribution in [3.63, 3.8) is 0 Å². The second-order valence-corrected chi connectivity index (χ2v) is 7.68. The van der Waals surface area contributed by atoms with Crippen LogP contribution in [0, 0.1) is 0 Å². The number of nitrogens with one attached hydrogen (secondary N) is 1. The smallest absolute Gasteiger partial charge is 0.350 e. The first-order valence-corrected chi connectivity index (χ1v) is 9.68.